The average molecular weight is 212 g/mol. The van der Waals surface area contributed by atoms with Gasteiger partial charge in [-0.15, -0.1) is 11.3 Å². The molecule has 0 aliphatic rings. The second-order valence-electron chi connectivity index (χ2n) is 4.56. The maximum atomic E-state index is 6.12. The second-order valence-corrected chi connectivity index (χ2v) is 5.59. The van der Waals surface area contributed by atoms with Gasteiger partial charge in [0.25, 0.3) is 0 Å². The largest absolute Gasteiger partial charge is 0.321 e. The molecule has 0 saturated heterocycles. The van der Waals surface area contributed by atoms with Gasteiger partial charge in [-0.3, -0.25) is 0 Å². The van der Waals surface area contributed by atoms with Gasteiger partial charge in [0.1, 0.15) is 0 Å². The Hall–Kier alpha value is -0.410. The van der Waals surface area contributed by atoms with Crippen molar-refractivity contribution in [2.24, 2.45) is 5.73 Å². The fourth-order valence-electron chi connectivity index (χ4n) is 1.36. The minimum atomic E-state index is -0.254. The van der Waals surface area contributed by atoms with Crippen molar-refractivity contribution in [3.8, 4) is 0 Å². The minimum Gasteiger partial charge on any atom is -0.321 e. The van der Waals surface area contributed by atoms with Gasteiger partial charge in [0.15, 0.2) is 0 Å². The van der Waals surface area contributed by atoms with E-state index in [0.29, 0.717) is 5.92 Å². The zero-order valence-corrected chi connectivity index (χ0v) is 10.5. The van der Waals surface area contributed by atoms with Crippen LogP contribution in [0.3, 0.4) is 0 Å². The topological polar surface area (TPSA) is 38.9 Å². The van der Waals surface area contributed by atoms with Crippen LogP contribution < -0.4 is 5.73 Å². The zero-order valence-electron chi connectivity index (χ0n) is 9.72. The van der Waals surface area contributed by atoms with Crippen LogP contribution in [0.4, 0.5) is 0 Å². The molecule has 1 aromatic rings. The molecule has 0 atom stereocenters. The molecule has 0 aliphatic carbocycles. The number of hydrogen-bond acceptors (Lipinski definition) is 3. The number of rotatable bonds is 3. The summed E-state index contributed by atoms with van der Waals surface area (Å²) in [5.74, 6) is 0.501. The molecule has 0 spiro atoms. The zero-order chi connectivity index (χ0) is 10.9. The molecule has 0 aromatic carbocycles. The van der Waals surface area contributed by atoms with Crippen molar-refractivity contribution in [3.63, 3.8) is 0 Å². The summed E-state index contributed by atoms with van der Waals surface area (Å²) < 4.78 is 0. The molecular weight excluding hydrogens is 192 g/mol. The average Bonchev–Trinajstić information content (AvgIpc) is 2.46. The van der Waals surface area contributed by atoms with Crippen LogP contribution in [0.1, 0.15) is 56.1 Å². The third kappa shape index (κ3) is 2.34. The molecule has 0 unspecified atom stereocenters. The number of nitrogens with two attached hydrogens (primary N) is 1. The summed E-state index contributed by atoms with van der Waals surface area (Å²) in [4.78, 5) is 5.87. The highest BCUT2D eigenvalue weighted by atomic mass is 32.1. The van der Waals surface area contributed by atoms with Crippen LogP contribution in [0.15, 0.2) is 0 Å². The third-order valence-corrected chi connectivity index (χ3v) is 3.87. The Labute approximate surface area is 90.6 Å². The summed E-state index contributed by atoms with van der Waals surface area (Å²) in [6, 6.07) is 0. The summed E-state index contributed by atoms with van der Waals surface area (Å²) in [7, 11) is 0. The SMILES string of the molecule is CCc1nc(C(C)C)sc1C(C)(C)N. The van der Waals surface area contributed by atoms with Crippen molar-refractivity contribution < 1.29 is 0 Å². The fraction of sp³-hybridized carbons (Fsp3) is 0.727. The van der Waals surface area contributed by atoms with Gasteiger partial charge in [0.2, 0.25) is 0 Å². The van der Waals surface area contributed by atoms with Gasteiger partial charge in [-0.05, 0) is 20.3 Å². The van der Waals surface area contributed by atoms with Crippen LogP contribution >= 0.6 is 11.3 Å². The first-order chi connectivity index (χ1) is 6.36. The molecule has 2 nitrogen and oxygen atoms in total. The molecule has 0 radical (unpaired) electrons. The Kier molecular flexibility index (Phi) is 3.32. The molecule has 0 bridgehead atoms. The van der Waals surface area contributed by atoms with E-state index in [1.165, 1.54) is 15.6 Å². The first-order valence-corrected chi connectivity index (χ1v) is 5.96. The Morgan fingerprint density at radius 3 is 2.29 bits per heavy atom. The highest BCUT2D eigenvalue weighted by Gasteiger charge is 2.23. The summed E-state index contributed by atoms with van der Waals surface area (Å²) >= 11 is 1.76. The molecule has 3 heteroatoms. The van der Waals surface area contributed by atoms with Crippen molar-refractivity contribution in [2.75, 3.05) is 0 Å². The number of aromatic nitrogens is 1. The van der Waals surface area contributed by atoms with E-state index < -0.39 is 0 Å². The molecule has 0 fully saturated rings. The molecule has 14 heavy (non-hydrogen) atoms. The van der Waals surface area contributed by atoms with E-state index in [1.54, 1.807) is 11.3 Å². The van der Waals surface area contributed by atoms with Crippen molar-refractivity contribution in [3.05, 3.63) is 15.6 Å². The van der Waals surface area contributed by atoms with Crippen molar-refractivity contribution in [2.45, 2.75) is 52.5 Å². The fourth-order valence-corrected chi connectivity index (χ4v) is 2.53. The van der Waals surface area contributed by atoms with E-state index in [2.05, 4.69) is 25.8 Å². The predicted molar refractivity (Wildman–Crippen MR) is 62.8 cm³/mol. The van der Waals surface area contributed by atoms with Crippen LogP contribution in [0.5, 0.6) is 0 Å². The number of hydrogen-bond donors (Lipinski definition) is 1. The van der Waals surface area contributed by atoms with Gasteiger partial charge in [-0.2, -0.15) is 0 Å². The van der Waals surface area contributed by atoms with Gasteiger partial charge in [-0.25, -0.2) is 4.98 Å². The summed E-state index contributed by atoms with van der Waals surface area (Å²) in [6.45, 7) is 10.6. The first kappa shape index (κ1) is 11.7. The molecule has 0 saturated carbocycles. The van der Waals surface area contributed by atoms with E-state index in [-0.39, 0.29) is 5.54 Å². The monoisotopic (exact) mass is 212 g/mol. The number of aryl methyl sites for hydroxylation is 1. The molecule has 80 valence electrons. The lowest BCUT2D eigenvalue weighted by molar-refractivity contribution is 0.559. The summed E-state index contributed by atoms with van der Waals surface area (Å²) in [5, 5.41) is 1.20. The van der Waals surface area contributed by atoms with Gasteiger partial charge in [0, 0.05) is 16.3 Å². The van der Waals surface area contributed by atoms with Gasteiger partial charge in [0.05, 0.1) is 10.7 Å². The van der Waals surface area contributed by atoms with E-state index >= 15 is 0 Å². The van der Waals surface area contributed by atoms with E-state index in [0.717, 1.165) is 6.42 Å². The maximum absolute atomic E-state index is 6.12. The minimum absolute atomic E-state index is 0.254. The smallest absolute Gasteiger partial charge is 0.0957 e. The normalized spacial score (nSPS) is 12.5. The van der Waals surface area contributed by atoms with Gasteiger partial charge >= 0.3 is 0 Å². The van der Waals surface area contributed by atoms with Crippen molar-refractivity contribution in [1.82, 2.24) is 4.98 Å². The van der Waals surface area contributed by atoms with Crippen LogP contribution in [0.2, 0.25) is 0 Å². The van der Waals surface area contributed by atoms with Crippen molar-refractivity contribution in [1.29, 1.82) is 0 Å². The Morgan fingerprint density at radius 2 is 2.00 bits per heavy atom. The van der Waals surface area contributed by atoms with E-state index in [1.807, 2.05) is 13.8 Å². The molecule has 1 rings (SSSR count). The Bertz CT molecular complexity index is 308. The van der Waals surface area contributed by atoms with Crippen LogP contribution in [-0.4, -0.2) is 4.98 Å². The van der Waals surface area contributed by atoms with Gasteiger partial charge < -0.3 is 5.73 Å². The van der Waals surface area contributed by atoms with Crippen molar-refractivity contribution >= 4 is 11.3 Å². The summed E-state index contributed by atoms with van der Waals surface area (Å²) in [5.41, 5.74) is 7.04. The quantitative estimate of drug-likeness (QED) is 0.836. The highest BCUT2D eigenvalue weighted by molar-refractivity contribution is 7.12. The van der Waals surface area contributed by atoms with Gasteiger partial charge in [-0.1, -0.05) is 20.8 Å². The molecule has 1 aromatic heterocycles. The molecule has 1 heterocycles. The standard InChI is InChI=1S/C11H20N2S/c1-6-8-9(11(4,5)12)14-10(13-8)7(2)3/h7H,6,12H2,1-5H3. The first-order valence-electron chi connectivity index (χ1n) is 5.15. The number of nitrogens with zero attached hydrogens (tertiary/aromatic N) is 1. The maximum Gasteiger partial charge on any atom is 0.0957 e. The molecule has 2 N–H and O–H groups in total. The molecule has 0 aliphatic heterocycles. The van der Waals surface area contributed by atoms with Crippen LogP contribution in [0, 0.1) is 0 Å². The predicted octanol–water partition coefficient (Wildman–Crippen LogP) is 3.02. The lowest BCUT2D eigenvalue weighted by Crippen LogP contribution is -2.28. The molecular formula is C11H20N2S. The lowest BCUT2D eigenvalue weighted by Gasteiger charge is -2.17. The summed E-state index contributed by atoms with van der Waals surface area (Å²) in [6.07, 6.45) is 0.971. The van der Waals surface area contributed by atoms with E-state index in [4.69, 9.17) is 5.73 Å². The second kappa shape index (κ2) is 3.99. The third-order valence-electron chi connectivity index (χ3n) is 2.13. The van der Waals surface area contributed by atoms with Crippen LogP contribution in [0.25, 0.3) is 0 Å². The Balaban J connectivity index is 3.16. The van der Waals surface area contributed by atoms with Crippen LogP contribution in [-0.2, 0) is 12.0 Å². The van der Waals surface area contributed by atoms with E-state index in [9.17, 15) is 0 Å². The highest BCUT2D eigenvalue weighted by Crippen LogP contribution is 2.31. The Morgan fingerprint density at radius 1 is 1.43 bits per heavy atom. The number of thiazole rings is 1. The lowest BCUT2D eigenvalue weighted by atomic mass is 10.0. The molecule has 0 amide bonds.